The third kappa shape index (κ3) is 6.48. The van der Waals surface area contributed by atoms with Gasteiger partial charge in [0.2, 0.25) is 5.95 Å². The zero-order chi connectivity index (χ0) is 30.2. The van der Waals surface area contributed by atoms with Gasteiger partial charge in [0.15, 0.2) is 0 Å². The molecular formula is C30H33ClF2N6O2S. The van der Waals surface area contributed by atoms with Crippen molar-refractivity contribution >= 4 is 44.3 Å². The molecule has 0 radical (unpaired) electrons. The van der Waals surface area contributed by atoms with Crippen LogP contribution in [0.5, 0.6) is 0 Å². The van der Waals surface area contributed by atoms with E-state index in [9.17, 15) is 17.2 Å². The summed E-state index contributed by atoms with van der Waals surface area (Å²) in [6, 6.07) is 13.1. The maximum absolute atomic E-state index is 14.9. The molecule has 1 aliphatic carbocycles. The van der Waals surface area contributed by atoms with Gasteiger partial charge < -0.3 is 10.2 Å². The minimum Gasteiger partial charge on any atom is -0.351 e. The van der Waals surface area contributed by atoms with Crippen LogP contribution in [0.15, 0.2) is 59.6 Å². The molecule has 2 N–H and O–H groups in total. The summed E-state index contributed by atoms with van der Waals surface area (Å²) in [4.78, 5) is 15.5. The van der Waals surface area contributed by atoms with Crippen LogP contribution in [-0.2, 0) is 15.9 Å². The Balaban J connectivity index is 1.43. The average molecular weight is 615 g/mol. The molecule has 2 aromatic heterocycles. The molecule has 222 valence electrons. The first-order chi connectivity index (χ1) is 19.8. The van der Waals surface area contributed by atoms with Crippen LogP contribution in [0.2, 0.25) is 5.02 Å². The lowest BCUT2D eigenvalue weighted by Crippen LogP contribution is -2.36. The topological polar surface area (TPSA) is 100 Å². The molecule has 0 saturated heterocycles. The highest BCUT2D eigenvalue weighted by Crippen LogP contribution is 2.37. The number of alkyl halides is 2. The van der Waals surface area contributed by atoms with E-state index in [0.717, 1.165) is 32.6 Å². The standard InChI is InChI=1S/C30H33ClF2N6O2S/c1-18-23(13-14-27(35-18)38-42(40,41)26-8-6-5-7-25(26)31)19-15-20-17-34-29(37-28(20)24(16-19)30(2,32)33)36-21-9-11-22(12-10-21)39(3)4/h5-8,13-17,21-22H,9-12H2,1-4H3,(H,35,38)(H,34,36,37)/t21-,22-. The highest BCUT2D eigenvalue weighted by Gasteiger charge is 2.30. The van der Waals surface area contributed by atoms with Crippen LogP contribution < -0.4 is 10.0 Å². The summed E-state index contributed by atoms with van der Waals surface area (Å²) in [7, 11) is 0.186. The fraction of sp³-hybridized carbons (Fsp3) is 0.367. The first kappa shape index (κ1) is 30.1. The number of pyridine rings is 1. The largest absolute Gasteiger partial charge is 0.351 e. The van der Waals surface area contributed by atoms with E-state index in [1.54, 1.807) is 37.4 Å². The number of benzene rings is 2. The van der Waals surface area contributed by atoms with Crippen molar-refractivity contribution in [2.24, 2.45) is 0 Å². The molecule has 2 heterocycles. The van der Waals surface area contributed by atoms with E-state index < -0.39 is 15.9 Å². The monoisotopic (exact) mass is 614 g/mol. The SMILES string of the molecule is Cc1nc(NS(=O)(=O)c2ccccc2Cl)ccc1-c1cc(C(C)(F)F)c2nc(N[C@H]3CC[C@H](N(C)C)CC3)ncc2c1. The lowest BCUT2D eigenvalue weighted by atomic mass is 9.90. The van der Waals surface area contributed by atoms with Crippen LogP contribution in [-0.4, -0.2) is 54.4 Å². The number of nitrogens with one attached hydrogen (secondary N) is 2. The van der Waals surface area contributed by atoms with Gasteiger partial charge in [-0.25, -0.2) is 32.2 Å². The van der Waals surface area contributed by atoms with E-state index in [0.29, 0.717) is 34.2 Å². The number of nitrogens with zero attached hydrogens (tertiary/aromatic N) is 4. The fourth-order valence-electron chi connectivity index (χ4n) is 5.40. The molecule has 1 fully saturated rings. The summed E-state index contributed by atoms with van der Waals surface area (Å²) >= 11 is 6.07. The van der Waals surface area contributed by atoms with Gasteiger partial charge in [0.1, 0.15) is 10.7 Å². The van der Waals surface area contributed by atoms with Crippen LogP contribution in [0.25, 0.3) is 22.0 Å². The first-order valence-electron chi connectivity index (χ1n) is 13.7. The summed E-state index contributed by atoms with van der Waals surface area (Å²) in [5, 5.41) is 3.90. The van der Waals surface area contributed by atoms with Crippen molar-refractivity contribution in [3.8, 4) is 11.1 Å². The van der Waals surface area contributed by atoms with Gasteiger partial charge in [-0.15, -0.1) is 0 Å². The second-order valence-corrected chi connectivity index (χ2v) is 13.1. The Morgan fingerprint density at radius 3 is 2.38 bits per heavy atom. The lowest BCUT2D eigenvalue weighted by molar-refractivity contribution is 0.0189. The van der Waals surface area contributed by atoms with Crippen LogP contribution in [0.4, 0.5) is 20.5 Å². The number of aromatic nitrogens is 3. The van der Waals surface area contributed by atoms with E-state index in [1.807, 2.05) is 0 Å². The first-order valence-corrected chi connectivity index (χ1v) is 15.6. The summed E-state index contributed by atoms with van der Waals surface area (Å²) in [5.74, 6) is -2.76. The molecule has 1 aliphatic rings. The molecule has 0 atom stereocenters. The number of hydrogen-bond acceptors (Lipinski definition) is 7. The van der Waals surface area contributed by atoms with Gasteiger partial charge in [0, 0.05) is 47.4 Å². The number of rotatable bonds is 8. The van der Waals surface area contributed by atoms with Crippen molar-refractivity contribution in [1.29, 1.82) is 0 Å². The fourth-order valence-corrected chi connectivity index (χ4v) is 6.92. The van der Waals surface area contributed by atoms with Gasteiger partial charge >= 0.3 is 0 Å². The van der Waals surface area contributed by atoms with Crippen LogP contribution in [0.1, 0.15) is 43.9 Å². The third-order valence-corrected chi connectivity index (χ3v) is 9.53. The Morgan fingerprint density at radius 1 is 1.02 bits per heavy atom. The van der Waals surface area contributed by atoms with E-state index in [2.05, 4.69) is 44.0 Å². The summed E-state index contributed by atoms with van der Waals surface area (Å²) in [6.07, 6.45) is 5.57. The van der Waals surface area contributed by atoms with Gasteiger partial charge in [-0.3, -0.25) is 4.72 Å². The molecule has 0 amide bonds. The molecule has 0 spiro atoms. The maximum atomic E-state index is 14.9. The Kier molecular flexibility index (Phi) is 8.37. The van der Waals surface area contributed by atoms with Crippen molar-refractivity contribution in [2.45, 2.75) is 62.4 Å². The summed E-state index contributed by atoms with van der Waals surface area (Å²) in [6.45, 7) is 2.53. The number of anilines is 2. The third-order valence-electron chi connectivity index (χ3n) is 7.68. The molecule has 0 unspecified atom stereocenters. The van der Waals surface area contributed by atoms with E-state index >= 15 is 0 Å². The highest BCUT2D eigenvalue weighted by molar-refractivity contribution is 7.92. The number of sulfonamides is 1. The number of fused-ring (bicyclic) bond motifs is 1. The molecule has 5 rings (SSSR count). The summed E-state index contributed by atoms with van der Waals surface area (Å²) in [5.41, 5.74) is 1.48. The Labute approximate surface area is 249 Å². The van der Waals surface area contributed by atoms with E-state index in [-0.39, 0.29) is 32.9 Å². The van der Waals surface area contributed by atoms with Crippen LogP contribution in [0, 0.1) is 6.92 Å². The van der Waals surface area contributed by atoms with Gasteiger partial charge in [0.05, 0.1) is 10.5 Å². The Bertz CT molecular complexity index is 1720. The number of hydrogen-bond donors (Lipinski definition) is 2. The predicted octanol–water partition coefficient (Wildman–Crippen LogP) is 6.85. The molecule has 0 aliphatic heterocycles. The van der Waals surface area contributed by atoms with Crippen molar-refractivity contribution in [2.75, 3.05) is 24.1 Å². The predicted molar refractivity (Wildman–Crippen MR) is 163 cm³/mol. The minimum atomic E-state index is -3.98. The highest BCUT2D eigenvalue weighted by atomic mass is 35.5. The average Bonchev–Trinajstić information content (AvgIpc) is 2.92. The molecule has 42 heavy (non-hydrogen) atoms. The lowest BCUT2D eigenvalue weighted by Gasteiger charge is -2.33. The molecule has 2 aromatic carbocycles. The van der Waals surface area contributed by atoms with Crippen molar-refractivity contribution < 1.29 is 17.2 Å². The van der Waals surface area contributed by atoms with Gasteiger partial charge in [-0.05, 0) is 88.7 Å². The second-order valence-electron chi connectivity index (χ2n) is 11.0. The van der Waals surface area contributed by atoms with Crippen molar-refractivity contribution in [3.05, 3.63) is 71.0 Å². The van der Waals surface area contributed by atoms with Crippen LogP contribution >= 0.6 is 11.6 Å². The van der Waals surface area contributed by atoms with Gasteiger partial charge in [-0.2, -0.15) is 0 Å². The Hall–Kier alpha value is -3.41. The quantitative estimate of drug-likeness (QED) is 0.224. The molecule has 8 nitrogen and oxygen atoms in total. The van der Waals surface area contributed by atoms with Crippen LogP contribution in [0.3, 0.4) is 0 Å². The van der Waals surface area contributed by atoms with Gasteiger partial charge in [0.25, 0.3) is 15.9 Å². The number of aryl methyl sites for hydroxylation is 1. The van der Waals surface area contributed by atoms with Crippen molar-refractivity contribution in [3.63, 3.8) is 0 Å². The second kappa shape index (κ2) is 11.7. The van der Waals surface area contributed by atoms with E-state index in [4.69, 9.17) is 11.6 Å². The maximum Gasteiger partial charge on any atom is 0.272 e. The molecule has 12 heteroatoms. The van der Waals surface area contributed by atoms with Gasteiger partial charge in [-0.1, -0.05) is 23.7 Å². The molecule has 4 aromatic rings. The molecule has 1 saturated carbocycles. The number of halogens is 3. The Morgan fingerprint density at radius 2 is 1.74 bits per heavy atom. The minimum absolute atomic E-state index is 0.0744. The van der Waals surface area contributed by atoms with Crippen molar-refractivity contribution in [1.82, 2.24) is 19.9 Å². The molecule has 0 bridgehead atoms. The zero-order valence-electron chi connectivity index (χ0n) is 23.8. The summed E-state index contributed by atoms with van der Waals surface area (Å²) < 4.78 is 58.0. The normalized spacial score (nSPS) is 17.9. The zero-order valence-corrected chi connectivity index (χ0v) is 25.4. The molecular weight excluding hydrogens is 582 g/mol. The smallest absolute Gasteiger partial charge is 0.272 e. The van der Waals surface area contributed by atoms with E-state index in [1.165, 1.54) is 24.3 Å².